The van der Waals surface area contributed by atoms with Gasteiger partial charge in [-0.2, -0.15) is 0 Å². The molecule has 13 heavy (non-hydrogen) atoms. The van der Waals surface area contributed by atoms with Gasteiger partial charge in [-0.1, -0.05) is 0 Å². The number of aromatic nitrogens is 1. The van der Waals surface area contributed by atoms with Crippen molar-refractivity contribution in [3.8, 4) is 18.7 Å². The second-order valence-electron chi connectivity index (χ2n) is 2.57. The lowest BCUT2D eigenvalue weighted by molar-refractivity contribution is 0.324. The number of pyridine rings is 1. The number of hydrogen-bond donors (Lipinski definition) is 0. The molecule has 1 heterocycles. The predicted octanol–water partition coefficient (Wildman–Crippen LogP) is 2.35. The molecule has 0 aliphatic rings. The zero-order valence-corrected chi connectivity index (χ0v) is 8.37. The van der Waals surface area contributed by atoms with E-state index in [0.29, 0.717) is 6.61 Å². The normalized spacial score (nSPS) is 8.38. The molecule has 0 fully saturated rings. The van der Waals surface area contributed by atoms with E-state index in [0.717, 1.165) is 11.4 Å². The molecule has 0 aromatic carbocycles. The lowest BCUT2D eigenvalue weighted by Gasteiger charge is -2.04. The van der Waals surface area contributed by atoms with Crippen LogP contribution in [0, 0.1) is 26.7 Å². The van der Waals surface area contributed by atoms with Crippen LogP contribution in [0.2, 0.25) is 0 Å². The minimum atomic E-state index is 0.677. The number of terminal acetylenes is 1. The molecule has 0 amide bonds. The number of nitrogens with zero attached hydrogens (tertiary/aromatic N) is 1. The van der Waals surface area contributed by atoms with Gasteiger partial charge in [-0.05, 0) is 32.4 Å². The Morgan fingerprint density at radius 3 is 2.46 bits per heavy atom. The molecule has 1 aromatic heterocycles. The first-order valence-electron chi connectivity index (χ1n) is 4.13. The summed E-state index contributed by atoms with van der Waals surface area (Å²) in [5.41, 5.74) is 2.28. The summed E-state index contributed by atoms with van der Waals surface area (Å²) in [6, 6.07) is 2.07. The van der Waals surface area contributed by atoms with Crippen LogP contribution in [0.4, 0.5) is 0 Å². The highest BCUT2D eigenvalue weighted by Gasteiger charge is 1.98. The maximum atomic E-state index is 5.28. The molecule has 0 unspecified atom stereocenters. The Kier molecular flexibility index (Phi) is 5.38. The molecule has 0 N–H and O–H groups in total. The van der Waals surface area contributed by atoms with Gasteiger partial charge in [0.25, 0.3) is 0 Å². The van der Waals surface area contributed by atoms with Gasteiger partial charge in [0.1, 0.15) is 0 Å². The largest absolute Gasteiger partial charge is 0.478 e. The zero-order valence-electron chi connectivity index (χ0n) is 8.37. The molecule has 0 saturated heterocycles. The molecule has 70 valence electrons. The average molecular weight is 177 g/mol. The lowest BCUT2D eigenvalue weighted by Crippen LogP contribution is -1.96. The van der Waals surface area contributed by atoms with Crippen LogP contribution in [0.5, 0.6) is 5.88 Å². The van der Waals surface area contributed by atoms with E-state index in [1.165, 1.54) is 5.56 Å². The quantitative estimate of drug-likeness (QED) is 0.647. The monoisotopic (exact) mass is 177 g/mol. The molecule has 1 rings (SSSR count). The second kappa shape index (κ2) is 6.07. The number of ether oxygens (including phenoxy) is 1. The molecule has 1 aromatic rings. The van der Waals surface area contributed by atoms with Crippen molar-refractivity contribution < 1.29 is 4.74 Å². The molecular weight excluding hydrogens is 162 g/mol. The van der Waals surface area contributed by atoms with Crippen LogP contribution in [-0.2, 0) is 0 Å². The summed E-state index contributed by atoms with van der Waals surface area (Å²) >= 11 is 0. The third kappa shape index (κ3) is 3.62. The number of aryl methyl sites for hydroxylation is 2. The highest BCUT2D eigenvalue weighted by Crippen LogP contribution is 2.14. The summed E-state index contributed by atoms with van der Waals surface area (Å²) in [6.07, 6.45) is 9.82. The molecule has 0 atom stereocenters. The molecule has 0 bridgehead atoms. The van der Waals surface area contributed by atoms with E-state index in [9.17, 15) is 0 Å². The Labute approximate surface area is 80.0 Å². The molecule has 2 nitrogen and oxygen atoms in total. The summed E-state index contributed by atoms with van der Waals surface area (Å²) < 4.78 is 5.28. The summed E-state index contributed by atoms with van der Waals surface area (Å²) in [5.74, 6) is 0.748. The van der Waals surface area contributed by atoms with Crippen molar-refractivity contribution in [2.75, 3.05) is 6.61 Å². The highest BCUT2D eigenvalue weighted by atomic mass is 16.5. The van der Waals surface area contributed by atoms with Gasteiger partial charge in [-0.15, -0.1) is 12.8 Å². The molecule has 2 heteroatoms. The van der Waals surface area contributed by atoms with Crippen molar-refractivity contribution >= 4 is 0 Å². The molecule has 0 aliphatic carbocycles. The van der Waals surface area contributed by atoms with Crippen LogP contribution in [0.15, 0.2) is 12.3 Å². The Morgan fingerprint density at radius 1 is 1.38 bits per heavy atom. The maximum Gasteiger partial charge on any atom is 0.216 e. The van der Waals surface area contributed by atoms with Crippen LogP contribution in [-0.4, -0.2) is 11.6 Å². The highest BCUT2D eigenvalue weighted by molar-refractivity contribution is 5.27. The van der Waals surface area contributed by atoms with Crippen LogP contribution in [0.3, 0.4) is 0 Å². The first kappa shape index (κ1) is 11.5. The van der Waals surface area contributed by atoms with Crippen molar-refractivity contribution in [3.63, 3.8) is 0 Å². The van der Waals surface area contributed by atoms with Gasteiger partial charge in [0.05, 0.1) is 6.61 Å². The number of rotatable bonds is 2. The summed E-state index contributed by atoms with van der Waals surface area (Å²) in [6.45, 7) is 6.67. The van der Waals surface area contributed by atoms with Gasteiger partial charge < -0.3 is 4.74 Å². The summed E-state index contributed by atoms with van der Waals surface area (Å²) in [4.78, 5) is 4.15. The molecule has 0 aliphatic heterocycles. The fraction of sp³-hybridized carbons (Fsp3) is 0.364. The van der Waals surface area contributed by atoms with E-state index in [1.807, 2.05) is 27.0 Å². The standard InChI is InChI=1S/C9H13NO.C2H2/c1-4-11-9-8(3)5-7(2)6-10-9;1-2/h5-6H,4H2,1-3H3;1-2H. The minimum absolute atomic E-state index is 0.677. The molecule has 0 spiro atoms. The Morgan fingerprint density at radius 2 is 2.00 bits per heavy atom. The van der Waals surface area contributed by atoms with Gasteiger partial charge in [0, 0.05) is 11.8 Å². The fourth-order valence-corrected chi connectivity index (χ4v) is 0.991. The maximum absolute atomic E-state index is 5.28. The zero-order chi connectivity index (χ0) is 10.3. The van der Waals surface area contributed by atoms with Gasteiger partial charge in [0.2, 0.25) is 5.88 Å². The van der Waals surface area contributed by atoms with E-state index in [-0.39, 0.29) is 0 Å². The van der Waals surface area contributed by atoms with Crippen molar-refractivity contribution in [2.24, 2.45) is 0 Å². The van der Waals surface area contributed by atoms with E-state index < -0.39 is 0 Å². The fourth-order valence-electron chi connectivity index (χ4n) is 0.991. The van der Waals surface area contributed by atoms with Crippen LogP contribution < -0.4 is 4.74 Å². The van der Waals surface area contributed by atoms with Gasteiger partial charge in [-0.3, -0.25) is 0 Å². The third-order valence-electron chi connectivity index (χ3n) is 1.45. The molecule has 0 radical (unpaired) electrons. The van der Waals surface area contributed by atoms with E-state index in [4.69, 9.17) is 4.74 Å². The van der Waals surface area contributed by atoms with Crippen molar-refractivity contribution in [3.05, 3.63) is 23.4 Å². The Balaban J connectivity index is 0.000000671. The van der Waals surface area contributed by atoms with Crippen molar-refractivity contribution in [2.45, 2.75) is 20.8 Å². The average Bonchev–Trinajstić information content (AvgIpc) is 2.14. The first-order valence-corrected chi connectivity index (χ1v) is 4.13. The lowest BCUT2D eigenvalue weighted by atomic mass is 10.2. The Hall–Kier alpha value is -1.49. The smallest absolute Gasteiger partial charge is 0.216 e. The van der Waals surface area contributed by atoms with Gasteiger partial charge >= 0.3 is 0 Å². The first-order chi connectivity index (χ1) is 6.24. The van der Waals surface area contributed by atoms with Crippen molar-refractivity contribution in [1.82, 2.24) is 4.98 Å². The van der Waals surface area contributed by atoms with Crippen LogP contribution in [0.25, 0.3) is 0 Å². The van der Waals surface area contributed by atoms with Crippen LogP contribution in [0.1, 0.15) is 18.1 Å². The van der Waals surface area contributed by atoms with E-state index in [1.54, 1.807) is 0 Å². The second-order valence-corrected chi connectivity index (χ2v) is 2.57. The Bertz CT molecular complexity index is 279. The summed E-state index contributed by atoms with van der Waals surface area (Å²) in [5, 5.41) is 0. The molecule has 0 saturated carbocycles. The predicted molar refractivity (Wildman–Crippen MR) is 54.8 cm³/mol. The third-order valence-corrected chi connectivity index (χ3v) is 1.45. The van der Waals surface area contributed by atoms with E-state index in [2.05, 4.69) is 23.9 Å². The van der Waals surface area contributed by atoms with Gasteiger partial charge in [0.15, 0.2) is 0 Å². The van der Waals surface area contributed by atoms with Crippen molar-refractivity contribution in [1.29, 1.82) is 0 Å². The summed E-state index contributed by atoms with van der Waals surface area (Å²) in [7, 11) is 0. The van der Waals surface area contributed by atoms with Gasteiger partial charge in [-0.25, -0.2) is 4.98 Å². The van der Waals surface area contributed by atoms with E-state index >= 15 is 0 Å². The van der Waals surface area contributed by atoms with Crippen LogP contribution >= 0.6 is 0 Å². The SMILES string of the molecule is C#C.CCOc1ncc(C)cc1C. The molecular formula is C11H15NO. The number of hydrogen-bond acceptors (Lipinski definition) is 2. The minimum Gasteiger partial charge on any atom is -0.478 e. The topological polar surface area (TPSA) is 22.1 Å².